The molecule has 0 unspecified atom stereocenters. The van der Waals surface area contributed by atoms with Crippen LogP contribution in [0, 0.1) is 0 Å². The Morgan fingerprint density at radius 3 is 2.50 bits per heavy atom. The van der Waals surface area contributed by atoms with Gasteiger partial charge in [-0.3, -0.25) is 0 Å². The van der Waals surface area contributed by atoms with Gasteiger partial charge in [0.25, 0.3) is 0 Å². The molecule has 0 amide bonds. The molecule has 0 spiro atoms. The van der Waals surface area contributed by atoms with Crippen molar-refractivity contribution in [2.75, 3.05) is 0 Å². The van der Waals surface area contributed by atoms with E-state index in [2.05, 4.69) is 5.10 Å². The molecular weight excluding hydrogens is 404 g/mol. The summed E-state index contributed by atoms with van der Waals surface area (Å²) in [5, 5.41) is 5.87. The first kappa shape index (κ1) is 18.1. The van der Waals surface area contributed by atoms with Crippen molar-refractivity contribution >= 4 is 32.0 Å². The third-order valence-corrected chi connectivity index (χ3v) is 5.89. The molecule has 0 aliphatic rings. The van der Waals surface area contributed by atoms with Crippen molar-refractivity contribution in [2.24, 2.45) is 0 Å². The van der Waals surface area contributed by atoms with Gasteiger partial charge in [-0.15, -0.1) is 0 Å². The molecule has 2 aromatic heterocycles. The summed E-state index contributed by atoms with van der Waals surface area (Å²) >= 11 is 0. The predicted molar refractivity (Wildman–Crippen MR) is 111 cm³/mol. The van der Waals surface area contributed by atoms with E-state index < -0.39 is 15.7 Å². The summed E-state index contributed by atoms with van der Waals surface area (Å²) < 4.78 is 37.4. The van der Waals surface area contributed by atoms with Crippen LogP contribution in [0.15, 0.2) is 99.2 Å². The minimum atomic E-state index is -4.06. The summed E-state index contributed by atoms with van der Waals surface area (Å²) in [5.74, 6) is 0.176. The van der Waals surface area contributed by atoms with Gasteiger partial charge in [-0.1, -0.05) is 18.2 Å². The van der Waals surface area contributed by atoms with Crippen LogP contribution in [0.3, 0.4) is 0 Å². The van der Waals surface area contributed by atoms with Gasteiger partial charge < -0.3 is 8.60 Å². The van der Waals surface area contributed by atoms with E-state index in [9.17, 15) is 13.2 Å². The number of nitrogens with zero attached hydrogens (tertiary/aromatic N) is 2. The first-order chi connectivity index (χ1) is 14.5. The molecule has 5 rings (SSSR count). The van der Waals surface area contributed by atoms with Crippen LogP contribution in [0.1, 0.15) is 0 Å². The van der Waals surface area contributed by atoms with E-state index in [4.69, 9.17) is 8.60 Å². The Balaban J connectivity index is 1.44. The highest BCUT2D eigenvalue weighted by molar-refractivity contribution is 7.87. The lowest BCUT2D eigenvalue weighted by Gasteiger charge is -2.09. The molecule has 8 heteroatoms. The standard InChI is InChI=1S/C22H14N2O5S/c25-22-12-5-15-13-19(10-11-21(15)28-22)30(26,27)29-18-8-6-17(7-9-18)24-20-4-2-1-3-16(20)14-23-24/h1-14H. The third kappa shape index (κ3) is 3.23. The van der Waals surface area contributed by atoms with Gasteiger partial charge in [0.1, 0.15) is 16.2 Å². The molecule has 148 valence electrons. The van der Waals surface area contributed by atoms with Crippen LogP contribution in [-0.4, -0.2) is 18.2 Å². The highest BCUT2D eigenvalue weighted by Gasteiger charge is 2.18. The van der Waals surface area contributed by atoms with Crippen LogP contribution < -0.4 is 9.81 Å². The number of para-hydroxylation sites is 1. The van der Waals surface area contributed by atoms with Crippen molar-refractivity contribution in [1.29, 1.82) is 0 Å². The topological polar surface area (TPSA) is 91.4 Å². The van der Waals surface area contributed by atoms with Gasteiger partial charge in [-0.25, -0.2) is 9.48 Å². The maximum atomic E-state index is 12.7. The molecule has 2 heterocycles. The molecule has 0 radical (unpaired) electrons. The van der Waals surface area contributed by atoms with E-state index in [1.54, 1.807) is 35.1 Å². The van der Waals surface area contributed by atoms with Crippen molar-refractivity contribution in [3.63, 3.8) is 0 Å². The highest BCUT2D eigenvalue weighted by atomic mass is 32.2. The smallest absolute Gasteiger partial charge is 0.339 e. The maximum absolute atomic E-state index is 12.7. The Bertz CT molecular complexity index is 1550. The average molecular weight is 418 g/mol. The zero-order valence-electron chi connectivity index (χ0n) is 15.4. The Morgan fingerprint density at radius 1 is 0.867 bits per heavy atom. The minimum absolute atomic E-state index is 0.0361. The molecule has 0 fully saturated rings. The van der Waals surface area contributed by atoms with Crippen molar-refractivity contribution in [2.45, 2.75) is 4.90 Å². The lowest BCUT2D eigenvalue weighted by Crippen LogP contribution is -2.10. The number of rotatable bonds is 4. The van der Waals surface area contributed by atoms with E-state index in [0.29, 0.717) is 11.0 Å². The van der Waals surface area contributed by atoms with Gasteiger partial charge in [0.2, 0.25) is 0 Å². The molecule has 3 aromatic carbocycles. The van der Waals surface area contributed by atoms with Crippen molar-refractivity contribution in [3.05, 3.63) is 95.5 Å². The molecule has 0 atom stereocenters. The van der Waals surface area contributed by atoms with E-state index in [1.165, 1.54) is 30.3 Å². The molecule has 0 bridgehead atoms. The molecular formula is C22H14N2O5S. The third-order valence-electron chi connectivity index (χ3n) is 4.64. The molecule has 0 aliphatic carbocycles. The zero-order valence-corrected chi connectivity index (χ0v) is 16.2. The summed E-state index contributed by atoms with van der Waals surface area (Å²) in [6, 6.07) is 21.3. The van der Waals surface area contributed by atoms with Gasteiger partial charge >= 0.3 is 15.7 Å². The van der Waals surface area contributed by atoms with E-state index >= 15 is 0 Å². The van der Waals surface area contributed by atoms with Crippen molar-refractivity contribution in [1.82, 2.24) is 9.78 Å². The fraction of sp³-hybridized carbons (Fsp3) is 0. The van der Waals surface area contributed by atoms with Crippen LogP contribution in [0.25, 0.3) is 27.6 Å². The van der Waals surface area contributed by atoms with Crippen LogP contribution in [-0.2, 0) is 10.1 Å². The first-order valence-electron chi connectivity index (χ1n) is 9.01. The van der Waals surface area contributed by atoms with Gasteiger partial charge in [0.05, 0.1) is 17.4 Å². The molecule has 0 saturated heterocycles. The predicted octanol–water partition coefficient (Wildman–Crippen LogP) is 3.90. The van der Waals surface area contributed by atoms with Crippen molar-refractivity contribution in [3.8, 4) is 11.4 Å². The number of benzene rings is 3. The summed E-state index contributed by atoms with van der Waals surface area (Å²) in [6.07, 6.45) is 1.77. The second-order valence-corrected chi connectivity index (χ2v) is 8.15. The second kappa shape index (κ2) is 6.85. The van der Waals surface area contributed by atoms with E-state index in [0.717, 1.165) is 16.6 Å². The second-order valence-electron chi connectivity index (χ2n) is 6.60. The lowest BCUT2D eigenvalue weighted by atomic mass is 10.2. The zero-order chi connectivity index (χ0) is 20.7. The largest absolute Gasteiger partial charge is 0.423 e. The van der Waals surface area contributed by atoms with Crippen LogP contribution in [0.5, 0.6) is 5.75 Å². The first-order valence-corrected chi connectivity index (χ1v) is 10.4. The summed E-state index contributed by atoms with van der Waals surface area (Å²) in [7, 11) is -4.06. The molecule has 0 N–H and O–H groups in total. The SMILES string of the molecule is O=c1ccc2cc(S(=O)(=O)Oc3ccc(-n4ncc5ccccc54)cc3)ccc2o1. The van der Waals surface area contributed by atoms with Crippen LogP contribution in [0.2, 0.25) is 0 Å². The fourth-order valence-electron chi connectivity index (χ4n) is 3.20. The monoisotopic (exact) mass is 418 g/mol. The van der Waals surface area contributed by atoms with Gasteiger partial charge in [0.15, 0.2) is 0 Å². The average Bonchev–Trinajstić information content (AvgIpc) is 3.18. The number of aromatic nitrogens is 2. The Morgan fingerprint density at radius 2 is 1.67 bits per heavy atom. The highest BCUT2D eigenvalue weighted by Crippen LogP contribution is 2.24. The Labute approximate surface area is 170 Å². The van der Waals surface area contributed by atoms with Gasteiger partial charge in [0, 0.05) is 16.8 Å². The molecule has 0 saturated carbocycles. The fourth-order valence-corrected chi connectivity index (χ4v) is 4.17. The number of fused-ring (bicyclic) bond motifs is 2. The minimum Gasteiger partial charge on any atom is -0.423 e. The molecule has 7 nitrogen and oxygen atoms in total. The van der Waals surface area contributed by atoms with Crippen molar-refractivity contribution < 1.29 is 17.0 Å². The lowest BCUT2D eigenvalue weighted by molar-refractivity contribution is 0.486. The summed E-state index contributed by atoms with van der Waals surface area (Å²) in [5.41, 5.74) is 1.53. The van der Waals surface area contributed by atoms with E-state index in [-0.39, 0.29) is 10.6 Å². The summed E-state index contributed by atoms with van der Waals surface area (Å²) in [6.45, 7) is 0. The molecule has 0 aliphatic heterocycles. The molecule has 30 heavy (non-hydrogen) atoms. The summed E-state index contributed by atoms with van der Waals surface area (Å²) in [4.78, 5) is 11.2. The Hall–Kier alpha value is -3.91. The quantitative estimate of drug-likeness (QED) is 0.325. The van der Waals surface area contributed by atoms with Crippen LogP contribution >= 0.6 is 0 Å². The normalized spacial score (nSPS) is 11.7. The van der Waals surface area contributed by atoms with E-state index in [1.807, 2.05) is 24.3 Å². The van der Waals surface area contributed by atoms with Gasteiger partial charge in [-0.05, 0) is 54.6 Å². The van der Waals surface area contributed by atoms with Crippen LogP contribution in [0.4, 0.5) is 0 Å². The molecule has 5 aromatic rings. The number of hydrogen-bond donors (Lipinski definition) is 0. The van der Waals surface area contributed by atoms with Gasteiger partial charge in [-0.2, -0.15) is 13.5 Å². The maximum Gasteiger partial charge on any atom is 0.339 e. The number of hydrogen-bond acceptors (Lipinski definition) is 6. The Kier molecular flexibility index (Phi) is 4.14.